The van der Waals surface area contributed by atoms with Crippen LogP contribution in [-0.2, 0) is 4.84 Å². The van der Waals surface area contributed by atoms with Crippen molar-refractivity contribution in [3.63, 3.8) is 0 Å². The fourth-order valence-corrected chi connectivity index (χ4v) is 1.94. The standard InChI is InChI=1S/C10H23N2O/c1-3-11-13-10-9-12(2)7-5-4-6-8-12/h11H,3-10H2,1-2H3/q+1. The molecule has 1 aliphatic rings. The average molecular weight is 187 g/mol. The van der Waals surface area contributed by atoms with Gasteiger partial charge in [0.25, 0.3) is 0 Å². The molecule has 1 saturated heterocycles. The Morgan fingerprint density at radius 1 is 1.23 bits per heavy atom. The maximum Gasteiger partial charge on any atom is 0.117 e. The molecule has 0 unspecified atom stereocenters. The van der Waals surface area contributed by atoms with Crippen LogP contribution >= 0.6 is 0 Å². The van der Waals surface area contributed by atoms with Crippen LogP contribution in [0.4, 0.5) is 0 Å². The van der Waals surface area contributed by atoms with Crippen molar-refractivity contribution in [2.24, 2.45) is 0 Å². The van der Waals surface area contributed by atoms with Crippen LogP contribution in [0.15, 0.2) is 0 Å². The van der Waals surface area contributed by atoms with E-state index in [1.54, 1.807) is 0 Å². The second-order valence-corrected chi connectivity index (χ2v) is 4.20. The molecule has 0 aromatic heterocycles. The van der Waals surface area contributed by atoms with E-state index in [2.05, 4.69) is 19.5 Å². The van der Waals surface area contributed by atoms with Crippen molar-refractivity contribution in [3.8, 4) is 0 Å². The molecule has 0 radical (unpaired) electrons. The molecule has 0 aromatic rings. The normalized spacial score (nSPS) is 21.7. The summed E-state index contributed by atoms with van der Waals surface area (Å²) in [4.78, 5) is 5.29. The molecule has 0 amide bonds. The minimum absolute atomic E-state index is 0.838. The molecule has 0 aromatic carbocycles. The van der Waals surface area contributed by atoms with E-state index in [1.165, 1.54) is 36.8 Å². The zero-order valence-corrected chi connectivity index (χ0v) is 9.01. The topological polar surface area (TPSA) is 21.3 Å². The summed E-state index contributed by atoms with van der Waals surface area (Å²) >= 11 is 0. The van der Waals surface area contributed by atoms with Crippen LogP contribution in [-0.4, -0.2) is 44.3 Å². The molecule has 3 heteroatoms. The van der Waals surface area contributed by atoms with E-state index in [4.69, 9.17) is 4.84 Å². The van der Waals surface area contributed by atoms with Crippen LogP contribution in [0.25, 0.3) is 0 Å². The SMILES string of the molecule is CCNOCC[N+]1(C)CCCCC1. The zero-order chi connectivity index (χ0) is 9.57. The van der Waals surface area contributed by atoms with Crippen molar-refractivity contribution >= 4 is 0 Å². The summed E-state index contributed by atoms with van der Waals surface area (Å²) in [5.41, 5.74) is 2.90. The smallest absolute Gasteiger partial charge is 0.117 e. The maximum atomic E-state index is 5.29. The molecular weight excluding hydrogens is 164 g/mol. The minimum Gasteiger partial charge on any atom is -0.324 e. The Kier molecular flexibility index (Phi) is 4.70. The number of hydroxylamine groups is 1. The fraction of sp³-hybridized carbons (Fsp3) is 1.00. The number of hydrogen-bond donors (Lipinski definition) is 1. The molecule has 1 rings (SSSR count). The van der Waals surface area contributed by atoms with Gasteiger partial charge in [-0.15, -0.1) is 0 Å². The van der Waals surface area contributed by atoms with E-state index in [9.17, 15) is 0 Å². The van der Waals surface area contributed by atoms with E-state index < -0.39 is 0 Å². The predicted octanol–water partition coefficient (Wildman–Crippen LogP) is 1.16. The third kappa shape index (κ3) is 4.07. The molecule has 1 fully saturated rings. The highest BCUT2D eigenvalue weighted by Gasteiger charge is 2.23. The summed E-state index contributed by atoms with van der Waals surface area (Å²) in [6.45, 7) is 7.59. The average Bonchev–Trinajstić information content (AvgIpc) is 2.14. The summed E-state index contributed by atoms with van der Waals surface area (Å²) in [5.74, 6) is 0. The van der Waals surface area contributed by atoms with E-state index in [0.29, 0.717) is 0 Å². The van der Waals surface area contributed by atoms with Crippen LogP contribution in [0.2, 0.25) is 0 Å². The number of hydrogen-bond acceptors (Lipinski definition) is 2. The van der Waals surface area contributed by atoms with E-state index in [1.807, 2.05) is 0 Å². The van der Waals surface area contributed by atoms with Crippen LogP contribution in [0.5, 0.6) is 0 Å². The first-order chi connectivity index (χ1) is 6.27. The van der Waals surface area contributed by atoms with Gasteiger partial charge in [0.05, 0.1) is 20.1 Å². The van der Waals surface area contributed by atoms with Crippen molar-refractivity contribution in [3.05, 3.63) is 0 Å². The van der Waals surface area contributed by atoms with Gasteiger partial charge in [-0.2, -0.15) is 0 Å². The number of piperidine rings is 1. The molecule has 0 saturated carbocycles. The third-order valence-electron chi connectivity index (χ3n) is 2.88. The quantitative estimate of drug-likeness (QED) is 0.396. The lowest BCUT2D eigenvalue weighted by Gasteiger charge is -2.37. The van der Waals surface area contributed by atoms with Gasteiger partial charge in [0, 0.05) is 6.54 Å². The summed E-state index contributed by atoms with van der Waals surface area (Å²) < 4.78 is 1.20. The summed E-state index contributed by atoms with van der Waals surface area (Å²) in [5, 5.41) is 0. The van der Waals surface area contributed by atoms with Gasteiger partial charge in [0.1, 0.15) is 13.2 Å². The second kappa shape index (κ2) is 5.58. The third-order valence-corrected chi connectivity index (χ3v) is 2.88. The van der Waals surface area contributed by atoms with Gasteiger partial charge in [-0.3, -0.25) is 4.84 Å². The first-order valence-corrected chi connectivity index (χ1v) is 5.45. The molecule has 0 bridgehead atoms. The Bertz CT molecular complexity index is 133. The summed E-state index contributed by atoms with van der Waals surface area (Å²) in [6, 6.07) is 0. The van der Waals surface area contributed by atoms with Crippen LogP contribution < -0.4 is 5.48 Å². The zero-order valence-electron chi connectivity index (χ0n) is 9.01. The number of nitrogens with zero attached hydrogens (tertiary/aromatic N) is 1. The van der Waals surface area contributed by atoms with Crippen molar-refractivity contribution in [1.29, 1.82) is 0 Å². The molecule has 1 N–H and O–H groups in total. The van der Waals surface area contributed by atoms with Gasteiger partial charge < -0.3 is 4.48 Å². The molecule has 0 spiro atoms. The Labute approximate surface area is 81.6 Å². The Balaban J connectivity index is 2.10. The highest BCUT2D eigenvalue weighted by atomic mass is 16.6. The van der Waals surface area contributed by atoms with Gasteiger partial charge in [0.2, 0.25) is 0 Å². The molecular formula is C10H23N2O+. The molecule has 1 heterocycles. The molecule has 13 heavy (non-hydrogen) atoms. The van der Waals surface area contributed by atoms with Crippen molar-refractivity contribution < 1.29 is 9.32 Å². The molecule has 3 nitrogen and oxygen atoms in total. The van der Waals surface area contributed by atoms with Crippen LogP contribution in [0.3, 0.4) is 0 Å². The second-order valence-electron chi connectivity index (χ2n) is 4.20. The summed E-state index contributed by atoms with van der Waals surface area (Å²) in [7, 11) is 2.34. The van der Waals surface area contributed by atoms with Gasteiger partial charge in [0.15, 0.2) is 0 Å². The molecule has 1 aliphatic heterocycles. The fourth-order valence-electron chi connectivity index (χ4n) is 1.94. The lowest BCUT2D eigenvalue weighted by molar-refractivity contribution is -0.914. The molecule has 0 aliphatic carbocycles. The number of likely N-dealkylation sites (N-methyl/N-ethyl adjacent to an activating group) is 1. The van der Waals surface area contributed by atoms with Crippen molar-refractivity contribution in [1.82, 2.24) is 5.48 Å². The highest BCUT2D eigenvalue weighted by molar-refractivity contribution is 4.51. The molecule has 0 atom stereocenters. The largest absolute Gasteiger partial charge is 0.324 e. The molecule has 78 valence electrons. The minimum atomic E-state index is 0.838. The number of rotatable bonds is 5. The lowest BCUT2D eigenvalue weighted by atomic mass is 10.1. The maximum absolute atomic E-state index is 5.29. The van der Waals surface area contributed by atoms with Crippen molar-refractivity contribution in [2.75, 3.05) is 39.8 Å². The number of likely N-dealkylation sites (tertiary alicyclic amines) is 1. The Hall–Kier alpha value is -0.120. The Morgan fingerprint density at radius 2 is 1.92 bits per heavy atom. The first-order valence-electron chi connectivity index (χ1n) is 5.45. The van der Waals surface area contributed by atoms with Gasteiger partial charge in [-0.25, -0.2) is 5.48 Å². The van der Waals surface area contributed by atoms with E-state index >= 15 is 0 Å². The lowest BCUT2D eigenvalue weighted by Crippen LogP contribution is -2.50. The van der Waals surface area contributed by atoms with Gasteiger partial charge in [-0.05, 0) is 19.3 Å². The monoisotopic (exact) mass is 187 g/mol. The van der Waals surface area contributed by atoms with Crippen LogP contribution in [0.1, 0.15) is 26.2 Å². The van der Waals surface area contributed by atoms with Crippen LogP contribution in [0, 0.1) is 0 Å². The Morgan fingerprint density at radius 3 is 2.54 bits per heavy atom. The predicted molar refractivity (Wildman–Crippen MR) is 54.3 cm³/mol. The highest BCUT2D eigenvalue weighted by Crippen LogP contribution is 2.15. The number of quaternary nitrogens is 1. The van der Waals surface area contributed by atoms with E-state index in [0.717, 1.165) is 19.7 Å². The van der Waals surface area contributed by atoms with Gasteiger partial charge >= 0.3 is 0 Å². The van der Waals surface area contributed by atoms with Gasteiger partial charge in [-0.1, -0.05) is 6.92 Å². The summed E-state index contributed by atoms with van der Waals surface area (Å²) in [6.07, 6.45) is 4.19. The first kappa shape index (κ1) is 11.0. The number of nitrogens with one attached hydrogen (secondary N) is 1. The van der Waals surface area contributed by atoms with Crippen molar-refractivity contribution in [2.45, 2.75) is 26.2 Å². The van der Waals surface area contributed by atoms with E-state index in [-0.39, 0.29) is 0 Å².